The Morgan fingerprint density at radius 3 is 0.750 bits per heavy atom. The molecule has 0 aromatic heterocycles. The maximum atomic E-state index is 8.56. The summed E-state index contributed by atoms with van der Waals surface area (Å²) < 4.78 is 31.8. The molecule has 0 fully saturated rings. The summed E-state index contributed by atoms with van der Waals surface area (Å²) in [6.07, 6.45) is 1.32. The topological polar surface area (TPSA) is 95.8 Å². The zero-order valence-electron chi connectivity index (χ0n) is 14.7. The van der Waals surface area contributed by atoms with Gasteiger partial charge in [0.25, 0.3) is 0 Å². The molecule has 0 radical (unpaired) electrons. The molecule has 0 aliphatic heterocycles. The third kappa shape index (κ3) is 21.7. The third-order valence-corrected chi connectivity index (χ3v) is 2.75. The number of aliphatic hydroxyl groups excluding tert-OH is 2. The van der Waals surface area contributed by atoms with Crippen molar-refractivity contribution in [3.8, 4) is 0 Å². The summed E-state index contributed by atoms with van der Waals surface area (Å²) in [4.78, 5) is 0. The fraction of sp³-hybridized carbons (Fsp3) is 1.00. The van der Waals surface area contributed by atoms with Crippen LogP contribution in [0.1, 0.15) is 12.8 Å². The third-order valence-electron chi connectivity index (χ3n) is 2.75. The number of hydrogen-bond donors (Lipinski definition) is 2. The predicted molar refractivity (Wildman–Crippen MR) is 88.3 cm³/mol. The molecule has 0 saturated carbocycles. The van der Waals surface area contributed by atoms with E-state index in [0.29, 0.717) is 92.1 Å². The summed E-state index contributed by atoms with van der Waals surface area (Å²) in [6.45, 7) is 6.76. The van der Waals surface area contributed by atoms with E-state index in [4.69, 9.17) is 38.6 Å². The van der Waals surface area contributed by atoms with Crippen LogP contribution in [-0.2, 0) is 28.4 Å². The number of ether oxygens (including phenoxy) is 6. The van der Waals surface area contributed by atoms with Gasteiger partial charge in [0.15, 0.2) is 0 Å². The Kier molecular flexibility index (Phi) is 22.4. The highest BCUT2D eigenvalue weighted by Gasteiger charge is 1.94. The van der Waals surface area contributed by atoms with Gasteiger partial charge in [0.05, 0.1) is 66.1 Å². The minimum atomic E-state index is 0.155. The molecule has 0 heterocycles. The Morgan fingerprint density at radius 1 is 0.333 bits per heavy atom. The molecule has 0 bridgehead atoms. The van der Waals surface area contributed by atoms with Crippen LogP contribution in [0.2, 0.25) is 0 Å². The van der Waals surface area contributed by atoms with E-state index in [0.717, 1.165) is 0 Å². The Balaban J connectivity index is 2.93. The molecule has 0 amide bonds. The maximum absolute atomic E-state index is 8.56. The molecule has 24 heavy (non-hydrogen) atoms. The van der Waals surface area contributed by atoms with Gasteiger partial charge in [-0.05, 0) is 12.8 Å². The lowest BCUT2D eigenvalue weighted by Gasteiger charge is -2.08. The molecule has 2 N–H and O–H groups in total. The molecule has 146 valence electrons. The smallest absolute Gasteiger partial charge is 0.0701 e. The number of hydrogen-bond acceptors (Lipinski definition) is 8. The second-order valence-electron chi connectivity index (χ2n) is 4.83. The first-order valence-electron chi connectivity index (χ1n) is 8.60. The Morgan fingerprint density at radius 2 is 0.542 bits per heavy atom. The standard InChI is InChI=1S/C16H34O8/c17-3-1-5-19-7-9-21-11-13-23-15-16-24-14-12-22-10-8-20-6-2-4-18/h17-18H,1-16H2. The molecule has 8 nitrogen and oxygen atoms in total. The predicted octanol–water partition coefficient (Wildman–Crippen LogP) is -0.149. The lowest BCUT2D eigenvalue weighted by molar-refractivity contribution is -0.0175. The van der Waals surface area contributed by atoms with Gasteiger partial charge >= 0.3 is 0 Å². The minimum Gasteiger partial charge on any atom is -0.396 e. The van der Waals surface area contributed by atoms with Crippen molar-refractivity contribution in [2.24, 2.45) is 0 Å². The van der Waals surface area contributed by atoms with Gasteiger partial charge in [-0.15, -0.1) is 0 Å². The second-order valence-corrected chi connectivity index (χ2v) is 4.83. The first-order chi connectivity index (χ1) is 11.9. The summed E-state index contributed by atoms with van der Waals surface area (Å²) in [5.41, 5.74) is 0. The molecule has 0 saturated heterocycles. The first-order valence-corrected chi connectivity index (χ1v) is 8.60. The largest absolute Gasteiger partial charge is 0.396 e. The van der Waals surface area contributed by atoms with E-state index in [1.165, 1.54) is 0 Å². The van der Waals surface area contributed by atoms with E-state index in [2.05, 4.69) is 0 Å². The molecule has 0 spiro atoms. The first kappa shape index (κ1) is 23.7. The van der Waals surface area contributed by atoms with Gasteiger partial charge in [0.1, 0.15) is 0 Å². The van der Waals surface area contributed by atoms with E-state index >= 15 is 0 Å². The zero-order valence-corrected chi connectivity index (χ0v) is 14.7. The molecule has 0 atom stereocenters. The summed E-state index contributed by atoms with van der Waals surface area (Å²) in [6, 6.07) is 0. The van der Waals surface area contributed by atoms with Crippen LogP contribution in [-0.4, -0.2) is 103 Å². The van der Waals surface area contributed by atoms with Gasteiger partial charge in [-0.3, -0.25) is 0 Å². The minimum absolute atomic E-state index is 0.155. The number of aliphatic hydroxyl groups is 2. The highest BCUT2D eigenvalue weighted by atomic mass is 16.6. The average molecular weight is 354 g/mol. The molecule has 0 aromatic carbocycles. The monoisotopic (exact) mass is 354 g/mol. The second kappa shape index (κ2) is 22.7. The van der Waals surface area contributed by atoms with Crippen LogP contribution in [0.15, 0.2) is 0 Å². The molecule has 8 heteroatoms. The van der Waals surface area contributed by atoms with Crippen molar-refractivity contribution >= 4 is 0 Å². The average Bonchev–Trinajstić information content (AvgIpc) is 2.60. The highest BCUT2D eigenvalue weighted by molar-refractivity contribution is 4.37. The lowest BCUT2D eigenvalue weighted by Crippen LogP contribution is -2.14. The molecule has 0 unspecified atom stereocenters. The Hall–Kier alpha value is -0.320. The van der Waals surface area contributed by atoms with E-state index in [1.54, 1.807) is 0 Å². The van der Waals surface area contributed by atoms with Crippen LogP contribution in [0.3, 0.4) is 0 Å². The van der Waals surface area contributed by atoms with Gasteiger partial charge in [0.2, 0.25) is 0 Å². The highest BCUT2D eigenvalue weighted by Crippen LogP contribution is 1.86. The molecule has 0 aliphatic rings. The molecule has 0 aromatic rings. The van der Waals surface area contributed by atoms with Gasteiger partial charge in [-0.25, -0.2) is 0 Å². The summed E-state index contributed by atoms with van der Waals surface area (Å²) in [5, 5.41) is 17.1. The summed E-state index contributed by atoms with van der Waals surface area (Å²) in [5.74, 6) is 0. The van der Waals surface area contributed by atoms with Crippen molar-refractivity contribution in [1.82, 2.24) is 0 Å². The van der Waals surface area contributed by atoms with Crippen LogP contribution in [0.25, 0.3) is 0 Å². The Labute approximate surface area is 144 Å². The molecular formula is C16H34O8. The van der Waals surface area contributed by atoms with E-state index < -0.39 is 0 Å². The van der Waals surface area contributed by atoms with Crippen molar-refractivity contribution in [2.45, 2.75) is 12.8 Å². The molecule has 0 rings (SSSR count). The summed E-state index contributed by atoms with van der Waals surface area (Å²) >= 11 is 0. The fourth-order valence-corrected chi connectivity index (χ4v) is 1.53. The van der Waals surface area contributed by atoms with Crippen LogP contribution >= 0.6 is 0 Å². The Bertz CT molecular complexity index is 196. The van der Waals surface area contributed by atoms with Gasteiger partial charge in [0, 0.05) is 26.4 Å². The van der Waals surface area contributed by atoms with Crippen LogP contribution < -0.4 is 0 Å². The quantitative estimate of drug-likeness (QED) is 0.275. The van der Waals surface area contributed by atoms with E-state index in [-0.39, 0.29) is 13.2 Å². The fourth-order valence-electron chi connectivity index (χ4n) is 1.53. The SMILES string of the molecule is OCCCOCCOCCOCCOCCOCCOCCCO. The van der Waals surface area contributed by atoms with Gasteiger partial charge in [-0.1, -0.05) is 0 Å². The van der Waals surface area contributed by atoms with Crippen molar-refractivity contribution < 1.29 is 38.6 Å². The normalized spacial score (nSPS) is 11.2. The number of rotatable bonds is 21. The molecular weight excluding hydrogens is 320 g/mol. The van der Waals surface area contributed by atoms with Crippen LogP contribution in [0.5, 0.6) is 0 Å². The van der Waals surface area contributed by atoms with Crippen molar-refractivity contribution in [3.05, 3.63) is 0 Å². The van der Waals surface area contributed by atoms with E-state index in [9.17, 15) is 0 Å². The zero-order chi connectivity index (χ0) is 17.6. The van der Waals surface area contributed by atoms with E-state index in [1.807, 2.05) is 0 Å². The van der Waals surface area contributed by atoms with Gasteiger partial charge in [-0.2, -0.15) is 0 Å². The summed E-state index contributed by atoms with van der Waals surface area (Å²) in [7, 11) is 0. The lowest BCUT2D eigenvalue weighted by atomic mass is 10.5. The van der Waals surface area contributed by atoms with Crippen LogP contribution in [0.4, 0.5) is 0 Å². The van der Waals surface area contributed by atoms with Crippen molar-refractivity contribution in [1.29, 1.82) is 0 Å². The molecule has 0 aliphatic carbocycles. The maximum Gasteiger partial charge on any atom is 0.0701 e. The van der Waals surface area contributed by atoms with Crippen LogP contribution in [0, 0.1) is 0 Å². The van der Waals surface area contributed by atoms with Gasteiger partial charge < -0.3 is 38.6 Å². The van der Waals surface area contributed by atoms with Crippen molar-refractivity contribution in [3.63, 3.8) is 0 Å². The van der Waals surface area contributed by atoms with Crippen molar-refractivity contribution in [2.75, 3.05) is 92.5 Å².